The van der Waals surface area contributed by atoms with E-state index in [0.717, 1.165) is 10.3 Å². The molecule has 0 unspecified atom stereocenters. The molecular formula is C8H6MoN4O2S6. The summed E-state index contributed by atoms with van der Waals surface area (Å²) in [5.41, 5.74) is 0. The first-order valence-corrected chi connectivity index (χ1v) is 9.69. The van der Waals surface area contributed by atoms with Gasteiger partial charge in [0, 0.05) is 23.2 Å². The van der Waals surface area contributed by atoms with E-state index in [1.807, 2.05) is 10.8 Å². The zero-order valence-electron chi connectivity index (χ0n) is 9.88. The second-order valence-electron chi connectivity index (χ2n) is 2.57. The molecule has 0 saturated heterocycles. The first-order chi connectivity index (χ1) is 9.99. The summed E-state index contributed by atoms with van der Waals surface area (Å²) in [6.07, 6.45) is 3.39. The van der Waals surface area contributed by atoms with Gasteiger partial charge >= 0.3 is 25.3 Å². The number of hydrogen-bond acceptors (Lipinski definition) is 10. The Bertz CT molecular complexity index is 523. The van der Waals surface area contributed by atoms with Crippen LogP contribution in [0.5, 0.6) is 0 Å². The molecule has 0 aliphatic rings. The molecule has 2 aromatic heterocycles. The fourth-order valence-electron chi connectivity index (χ4n) is 0.745. The Hall–Kier alpha value is -0.232. The van der Waals surface area contributed by atoms with Gasteiger partial charge in [-0.15, -0.1) is 22.7 Å². The van der Waals surface area contributed by atoms with Crippen LogP contribution in [-0.4, -0.2) is 18.6 Å². The van der Waals surface area contributed by atoms with Crippen LogP contribution in [0, 0.1) is 0 Å². The third kappa shape index (κ3) is 13.2. The van der Waals surface area contributed by atoms with Crippen LogP contribution < -0.4 is 10.6 Å². The summed E-state index contributed by atoms with van der Waals surface area (Å²) in [6.45, 7) is 0. The average Bonchev–Trinajstić information content (AvgIpc) is 3.03. The van der Waals surface area contributed by atoms with Crippen molar-refractivity contribution in [1.29, 1.82) is 0 Å². The van der Waals surface area contributed by atoms with Crippen molar-refractivity contribution in [1.82, 2.24) is 9.97 Å². The molecule has 0 saturated carbocycles. The van der Waals surface area contributed by atoms with Gasteiger partial charge in [-0.05, 0) is 0 Å². The van der Waals surface area contributed by atoms with Gasteiger partial charge < -0.3 is 60.3 Å². The third-order valence-corrected chi connectivity index (χ3v) is 3.07. The normalized spacial score (nSPS) is 8.00. The zero-order chi connectivity index (χ0) is 16.1. The van der Waals surface area contributed by atoms with Crippen molar-refractivity contribution in [2.24, 2.45) is 0 Å². The van der Waals surface area contributed by atoms with Crippen molar-refractivity contribution in [3.8, 4) is 0 Å². The van der Waals surface area contributed by atoms with Gasteiger partial charge in [-0.2, -0.15) is 0 Å². The number of nitrogens with zero attached hydrogens (tertiary/aromatic N) is 2. The van der Waals surface area contributed by atoms with Crippen molar-refractivity contribution < 1.29 is 25.3 Å². The predicted octanol–water partition coefficient (Wildman–Crippen LogP) is 2.53. The number of anilines is 2. The van der Waals surface area contributed by atoms with Crippen molar-refractivity contribution in [3.05, 3.63) is 23.2 Å². The van der Waals surface area contributed by atoms with E-state index in [4.69, 9.17) is 6.80 Å². The van der Waals surface area contributed by atoms with Crippen LogP contribution in [-0.2, 0) is 50.5 Å². The van der Waals surface area contributed by atoms with E-state index in [1.54, 1.807) is 12.4 Å². The van der Waals surface area contributed by atoms with Gasteiger partial charge in [0.1, 0.15) is 0 Å². The molecule has 0 aliphatic heterocycles. The molecule has 6 nitrogen and oxygen atoms in total. The van der Waals surface area contributed by atoms with Crippen molar-refractivity contribution >= 4 is 91.3 Å². The summed E-state index contributed by atoms with van der Waals surface area (Å²) in [5, 5.41) is 10.7. The number of rotatable bonds is 2. The molecule has 21 heavy (non-hydrogen) atoms. The first kappa shape index (κ1) is 20.8. The molecular weight excluding hydrogens is 472 g/mol. The summed E-state index contributed by atoms with van der Waals surface area (Å²) in [6, 6.07) is 0. The average molecular weight is 479 g/mol. The van der Waals surface area contributed by atoms with E-state index in [2.05, 4.69) is 70.3 Å². The Kier molecular flexibility index (Phi) is 13.3. The molecule has 2 rings (SSSR count). The molecule has 2 aromatic rings. The van der Waals surface area contributed by atoms with E-state index in [9.17, 15) is 0 Å². The third-order valence-electron chi connectivity index (χ3n) is 1.28. The molecule has 0 atom stereocenters. The molecule has 2 N–H and O–H groups in total. The Morgan fingerprint density at radius 1 is 1.00 bits per heavy atom. The van der Waals surface area contributed by atoms with Gasteiger partial charge in [-0.1, -0.05) is 8.64 Å². The molecule has 0 aliphatic carbocycles. The zero-order valence-corrected chi connectivity index (χ0v) is 16.8. The van der Waals surface area contributed by atoms with Crippen molar-refractivity contribution in [2.75, 3.05) is 10.6 Å². The van der Waals surface area contributed by atoms with Crippen LogP contribution >= 0.6 is 47.1 Å². The summed E-state index contributed by atoms with van der Waals surface area (Å²) in [7, 11) is 0. The molecule has 0 radical (unpaired) electrons. The Morgan fingerprint density at radius 3 is 1.52 bits per heavy atom. The van der Waals surface area contributed by atoms with Crippen LogP contribution in [0.1, 0.15) is 0 Å². The molecule has 2 heterocycles. The van der Waals surface area contributed by atoms with Crippen LogP contribution in [0.4, 0.5) is 10.3 Å². The molecule has 0 aromatic carbocycles. The van der Waals surface area contributed by atoms with Crippen LogP contribution in [0.25, 0.3) is 0 Å². The van der Waals surface area contributed by atoms with E-state index in [1.165, 1.54) is 22.7 Å². The summed E-state index contributed by atoms with van der Waals surface area (Å²) < 4.78 is 17.7. The monoisotopic (exact) mass is 480 g/mol. The summed E-state index contributed by atoms with van der Waals surface area (Å²) in [5.74, 6) is 0. The summed E-state index contributed by atoms with van der Waals surface area (Å²) in [4.78, 5) is 7.82. The van der Waals surface area contributed by atoms with Crippen LogP contribution in [0.15, 0.2) is 23.2 Å². The SMILES string of the molecule is S=C([S-])Nc1nccs1.S=C([S-])Nc1nccs1.[O]=[Mo+2]=[O]. The van der Waals surface area contributed by atoms with Crippen LogP contribution in [0.2, 0.25) is 0 Å². The van der Waals surface area contributed by atoms with E-state index >= 15 is 0 Å². The Morgan fingerprint density at radius 2 is 1.33 bits per heavy atom. The molecule has 0 fully saturated rings. The fourth-order valence-corrected chi connectivity index (χ4v) is 2.46. The predicted molar refractivity (Wildman–Crippen MR) is 92.8 cm³/mol. The van der Waals surface area contributed by atoms with Gasteiger partial charge in [-0.3, -0.25) is 0 Å². The first-order valence-electron chi connectivity index (χ1n) is 4.66. The van der Waals surface area contributed by atoms with E-state index < -0.39 is 18.5 Å². The molecule has 0 spiro atoms. The fraction of sp³-hybridized carbons (Fsp3) is 0. The maximum atomic E-state index is 8.50. The maximum absolute atomic E-state index is 8.50. The Balaban J connectivity index is 0.000000322. The van der Waals surface area contributed by atoms with Crippen molar-refractivity contribution in [2.45, 2.75) is 0 Å². The van der Waals surface area contributed by atoms with Gasteiger partial charge in [-0.25, -0.2) is 9.97 Å². The standard InChI is InChI=1S/2C4H4N2S3.Mo.2O/c2*7-4(8)6-3-5-1-2-9-3;;;/h2*1-2H,(H2,5,6,7,8);;;/q;;+2;;/p-2. The molecule has 13 heteroatoms. The van der Waals surface area contributed by atoms with Gasteiger partial charge in [0.15, 0.2) is 10.3 Å². The van der Waals surface area contributed by atoms with Gasteiger partial charge in [0.05, 0.1) is 0 Å². The van der Waals surface area contributed by atoms with Crippen LogP contribution in [0.3, 0.4) is 0 Å². The second-order valence-corrected chi connectivity index (χ2v) is 6.84. The van der Waals surface area contributed by atoms with Crippen molar-refractivity contribution in [3.63, 3.8) is 0 Å². The molecule has 112 valence electrons. The Labute approximate surface area is 159 Å². The molecule has 0 bridgehead atoms. The minimum atomic E-state index is -2.03. The van der Waals surface area contributed by atoms with Gasteiger partial charge in [0.25, 0.3) is 0 Å². The summed E-state index contributed by atoms with van der Waals surface area (Å²) >= 11 is 19.4. The number of nitrogens with one attached hydrogen (secondary N) is 2. The topological polar surface area (TPSA) is 84.0 Å². The van der Waals surface area contributed by atoms with E-state index in [0.29, 0.717) is 8.64 Å². The van der Waals surface area contributed by atoms with Gasteiger partial charge in [0.2, 0.25) is 0 Å². The number of thiazole rings is 2. The minimum absolute atomic E-state index is 0.338. The number of aromatic nitrogens is 2. The second kappa shape index (κ2) is 13.4. The molecule has 0 amide bonds. The van der Waals surface area contributed by atoms with E-state index in [-0.39, 0.29) is 0 Å². The number of thiocarbonyl (C=S) groups is 2. The number of hydrogen-bond donors (Lipinski definition) is 2. The quantitative estimate of drug-likeness (QED) is 0.382.